The van der Waals surface area contributed by atoms with Crippen LogP contribution in [0.5, 0.6) is 0 Å². The van der Waals surface area contributed by atoms with Gasteiger partial charge < -0.3 is 0 Å². The van der Waals surface area contributed by atoms with E-state index in [2.05, 4.69) is 39.8 Å². The highest BCUT2D eigenvalue weighted by Gasteiger charge is 2.11. The van der Waals surface area contributed by atoms with Crippen LogP contribution in [0, 0.1) is 6.92 Å². The van der Waals surface area contributed by atoms with Crippen LogP contribution in [0.15, 0.2) is 59.7 Å². The molecular weight excluding hydrogens is 324 g/mol. The van der Waals surface area contributed by atoms with Crippen LogP contribution in [0.1, 0.15) is 41.0 Å². The van der Waals surface area contributed by atoms with E-state index in [1.165, 1.54) is 11.1 Å². The van der Waals surface area contributed by atoms with Gasteiger partial charge in [0, 0.05) is 5.56 Å². The Labute approximate surface area is 153 Å². The normalized spacial score (nSPS) is 11.4. The lowest BCUT2D eigenvalue weighted by Crippen LogP contribution is -2.19. The average molecular weight is 346 g/mol. The number of rotatable bonds is 5. The number of hydrogen-bond acceptors (Lipinski definition) is 3. The molecule has 1 aromatic heterocycles. The van der Waals surface area contributed by atoms with E-state index >= 15 is 0 Å². The first kappa shape index (κ1) is 17.6. The number of hydrazone groups is 1. The van der Waals surface area contributed by atoms with Crippen LogP contribution in [0.2, 0.25) is 0 Å². The predicted molar refractivity (Wildman–Crippen MR) is 104 cm³/mol. The van der Waals surface area contributed by atoms with E-state index in [0.29, 0.717) is 5.69 Å². The van der Waals surface area contributed by atoms with Gasteiger partial charge in [0.25, 0.3) is 5.91 Å². The van der Waals surface area contributed by atoms with Gasteiger partial charge in [-0.2, -0.15) is 10.2 Å². The number of carbonyl (C=O) groups is 1. The van der Waals surface area contributed by atoms with Crippen molar-refractivity contribution in [3.8, 4) is 11.3 Å². The van der Waals surface area contributed by atoms with Crippen LogP contribution < -0.4 is 5.43 Å². The van der Waals surface area contributed by atoms with Crippen molar-refractivity contribution in [1.29, 1.82) is 0 Å². The molecule has 1 heterocycles. The summed E-state index contributed by atoms with van der Waals surface area (Å²) in [6.07, 6.45) is 0.993. The smallest absolute Gasteiger partial charge is 0.272 e. The number of aromatic amines is 1. The molecule has 26 heavy (non-hydrogen) atoms. The lowest BCUT2D eigenvalue weighted by Gasteiger charge is -2.02. The zero-order chi connectivity index (χ0) is 18.5. The molecule has 3 aromatic rings. The fourth-order valence-corrected chi connectivity index (χ4v) is 2.55. The molecular formula is C21H22N4O. The van der Waals surface area contributed by atoms with Crippen LogP contribution in [0.3, 0.4) is 0 Å². The first-order valence-corrected chi connectivity index (χ1v) is 8.63. The van der Waals surface area contributed by atoms with Crippen LogP contribution in [0.25, 0.3) is 11.3 Å². The van der Waals surface area contributed by atoms with Crippen LogP contribution in [-0.4, -0.2) is 21.8 Å². The van der Waals surface area contributed by atoms with Crippen molar-refractivity contribution in [2.75, 3.05) is 0 Å². The third-order valence-electron chi connectivity index (χ3n) is 4.27. The van der Waals surface area contributed by atoms with Gasteiger partial charge in [-0.3, -0.25) is 9.89 Å². The van der Waals surface area contributed by atoms with Crippen LogP contribution in [-0.2, 0) is 6.42 Å². The summed E-state index contributed by atoms with van der Waals surface area (Å²) in [6, 6.07) is 17.9. The van der Waals surface area contributed by atoms with Gasteiger partial charge >= 0.3 is 0 Å². The number of amides is 1. The molecule has 0 aliphatic heterocycles. The number of carbonyl (C=O) groups excluding carboxylic acids is 1. The quantitative estimate of drug-likeness (QED) is 0.539. The molecule has 0 bridgehead atoms. The molecule has 0 fully saturated rings. The third-order valence-corrected chi connectivity index (χ3v) is 4.27. The van der Waals surface area contributed by atoms with Gasteiger partial charge in [0.2, 0.25) is 0 Å². The number of H-pyrrole nitrogens is 1. The predicted octanol–water partition coefficient (Wildman–Crippen LogP) is 4.10. The highest BCUT2D eigenvalue weighted by Crippen LogP contribution is 2.18. The summed E-state index contributed by atoms with van der Waals surface area (Å²) in [5, 5.41) is 11.2. The minimum Gasteiger partial charge on any atom is -0.272 e. The van der Waals surface area contributed by atoms with Crippen molar-refractivity contribution >= 4 is 11.6 Å². The first-order chi connectivity index (χ1) is 12.6. The Balaban J connectivity index is 1.69. The summed E-state index contributed by atoms with van der Waals surface area (Å²) < 4.78 is 0. The summed E-state index contributed by atoms with van der Waals surface area (Å²) in [4.78, 5) is 12.3. The van der Waals surface area contributed by atoms with Crippen molar-refractivity contribution in [1.82, 2.24) is 15.6 Å². The van der Waals surface area contributed by atoms with Gasteiger partial charge in [0.1, 0.15) is 5.69 Å². The Morgan fingerprint density at radius 3 is 2.46 bits per heavy atom. The van der Waals surface area contributed by atoms with Crippen molar-refractivity contribution in [2.24, 2.45) is 5.10 Å². The summed E-state index contributed by atoms with van der Waals surface area (Å²) in [7, 11) is 0. The molecule has 0 saturated carbocycles. The van der Waals surface area contributed by atoms with E-state index in [-0.39, 0.29) is 5.91 Å². The highest BCUT2D eigenvalue weighted by atomic mass is 16.2. The molecule has 0 aliphatic carbocycles. The average Bonchev–Trinajstić information content (AvgIpc) is 3.17. The van der Waals surface area contributed by atoms with Crippen LogP contribution >= 0.6 is 0 Å². The summed E-state index contributed by atoms with van der Waals surface area (Å²) in [5.74, 6) is -0.319. The van der Waals surface area contributed by atoms with Crippen molar-refractivity contribution in [3.05, 3.63) is 77.0 Å². The number of benzene rings is 2. The lowest BCUT2D eigenvalue weighted by molar-refractivity contribution is 0.0950. The van der Waals surface area contributed by atoms with E-state index in [1.807, 2.05) is 50.2 Å². The topological polar surface area (TPSA) is 70.1 Å². The number of aryl methyl sites for hydroxylation is 2. The third kappa shape index (κ3) is 4.06. The van der Waals surface area contributed by atoms with E-state index < -0.39 is 0 Å². The molecule has 0 saturated heterocycles. The number of hydrogen-bond donors (Lipinski definition) is 2. The maximum atomic E-state index is 12.3. The molecule has 0 aliphatic rings. The van der Waals surface area contributed by atoms with E-state index in [9.17, 15) is 4.79 Å². The van der Waals surface area contributed by atoms with Gasteiger partial charge in [0.15, 0.2) is 0 Å². The molecule has 0 unspecified atom stereocenters. The summed E-state index contributed by atoms with van der Waals surface area (Å²) in [6.45, 7) is 6.01. The number of aromatic nitrogens is 2. The maximum absolute atomic E-state index is 12.3. The van der Waals surface area contributed by atoms with E-state index in [1.54, 1.807) is 6.07 Å². The fraction of sp³-hybridized carbons (Fsp3) is 0.190. The van der Waals surface area contributed by atoms with Crippen molar-refractivity contribution < 1.29 is 4.79 Å². The van der Waals surface area contributed by atoms with Crippen molar-refractivity contribution in [3.63, 3.8) is 0 Å². The van der Waals surface area contributed by atoms with Crippen LogP contribution in [0.4, 0.5) is 0 Å². The molecule has 132 valence electrons. The largest absolute Gasteiger partial charge is 0.289 e. The van der Waals surface area contributed by atoms with Gasteiger partial charge in [-0.05, 0) is 37.5 Å². The van der Waals surface area contributed by atoms with Crippen molar-refractivity contribution in [2.45, 2.75) is 27.2 Å². The second kappa shape index (κ2) is 7.78. The van der Waals surface area contributed by atoms with E-state index in [0.717, 1.165) is 29.0 Å². The minimum atomic E-state index is -0.319. The lowest BCUT2D eigenvalue weighted by atomic mass is 10.1. The first-order valence-electron chi connectivity index (χ1n) is 8.63. The Bertz CT molecular complexity index is 921. The molecule has 2 aromatic carbocycles. The Kier molecular flexibility index (Phi) is 5.27. The minimum absolute atomic E-state index is 0.319. The second-order valence-corrected chi connectivity index (χ2v) is 6.22. The molecule has 0 radical (unpaired) electrons. The van der Waals surface area contributed by atoms with Gasteiger partial charge in [0.05, 0.1) is 11.4 Å². The Morgan fingerprint density at radius 1 is 1.12 bits per heavy atom. The monoisotopic (exact) mass is 346 g/mol. The second-order valence-electron chi connectivity index (χ2n) is 6.22. The summed E-state index contributed by atoms with van der Waals surface area (Å²) in [5.41, 5.74) is 8.81. The Morgan fingerprint density at radius 2 is 1.81 bits per heavy atom. The molecule has 0 atom stereocenters. The zero-order valence-corrected chi connectivity index (χ0v) is 15.2. The van der Waals surface area contributed by atoms with Gasteiger partial charge in [-0.25, -0.2) is 5.43 Å². The Hall–Kier alpha value is -3.21. The van der Waals surface area contributed by atoms with E-state index in [4.69, 9.17) is 0 Å². The number of nitrogens with zero attached hydrogens (tertiary/aromatic N) is 2. The fourth-order valence-electron chi connectivity index (χ4n) is 2.55. The molecule has 2 N–H and O–H groups in total. The standard InChI is InChI=1S/C21H22N4O/c1-4-16-7-11-18(12-8-16)19-13-20(24-23-19)21(26)25-22-15(3)17-9-5-14(2)6-10-17/h5-13H,4H2,1-3H3,(H,23,24)(H,25,26)/b22-15-. The molecule has 0 spiro atoms. The molecule has 5 nitrogen and oxygen atoms in total. The molecule has 3 rings (SSSR count). The molecule has 5 heteroatoms. The van der Waals surface area contributed by atoms with Gasteiger partial charge in [-0.1, -0.05) is 61.0 Å². The zero-order valence-electron chi connectivity index (χ0n) is 15.2. The maximum Gasteiger partial charge on any atom is 0.289 e. The number of nitrogens with one attached hydrogen (secondary N) is 2. The SMILES string of the molecule is CCc1ccc(-c2cc(C(=O)N/N=C(/C)c3ccc(C)cc3)[nH]n2)cc1. The summed E-state index contributed by atoms with van der Waals surface area (Å²) >= 11 is 0. The van der Waals surface area contributed by atoms with Gasteiger partial charge in [-0.15, -0.1) is 0 Å². The molecule has 1 amide bonds. The highest BCUT2D eigenvalue weighted by molar-refractivity contribution is 6.00.